The molecule has 0 bridgehead atoms. The maximum atomic E-state index is 11.7. The number of aliphatic hydroxyl groups excluding tert-OH is 1. The van der Waals surface area contributed by atoms with Crippen LogP contribution in [0.5, 0.6) is 0 Å². The van der Waals surface area contributed by atoms with Crippen LogP contribution in [-0.4, -0.2) is 41.1 Å². The molecule has 41 heavy (non-hydrogen) atoms. The maximum absolute atomic E-state index is 11.7. The highest BCUT2D eigenvalue weighted by molar-refractivity contribution is 5.75. The van der Waals surface area contributed by atoms with E-state index in [2.05, 4.69) is 42.5 Å². The smallest absolute Gasteiger partial charge is 0.129 e. The summed E-state index contributed by atoms with van der Waals surface area (Å²) in [6.07, 6.45) is 15.9. The molecular weight excluding hydrogens is 506 g/mol. The topological polar surface area (TPSA) is 74.2 Å². The first kappa shape index (κ1) is 32.6. The predicted molar refractivity (Wildman–Crippen MR) is 169 cm³/mol. The lowest BCUT2D eigenvalue weighted by atomic mass is 9.43. The summed E-state index contributed by atoms with van der Waals surface area (Å²) >= 11 is 0. The molecular formula is C36H61N3O2. The molecule has 5 nitrogen and oxygen atoms in total. The molecule has 4 aliphatic carbocycles. The average Bonchev–Trinajstić information content (AvgIpc) is 3.29. The molecule has 0 aliphatic heterocycles. The van der Waals surface area contributed by atoms with Crippen molar-refractivity contribution in [1.29, 1.82) is 0 Å². The summed E-state index contributed by atoms with van der Waals surface area (Å²) in [5.41, 5.74) is 1.83. The molecule has 1 heterocycles. The van der Waals surface area contributed by atoms with Gasteiger partial charge in [-0.2, -0.15) is 0 Å². The van der Waals surface area contributed by atoms with E-state index in [9.17, 15) is 9.90 Å². The van der Waals surface area contributed by atoms with Crippen LogP contribution in [0.1, 0.15) is 118 Å². The number of Topliss-reactive ketones (excluding diaryl/α,β-unsaturated/α-hetero) is 1. The second kappa shape index (κ2) is 14.0. The number of carbonyl (C=O) groups is 1. The molecule has 4 saturated carbocycles. The quantitative estimate of drug-likeness (QED) is 0.233. The van der Waals surface area contributed by atoms with E-state index in [1.807, 2.05) is 18.3 Å². The van der Waals surface area contributed by atoms with Crippen LogP contribution in [0.3, 0.4) is 0 Å². The van der Waals surface area contributed by atoms with Gasteiger partial charge in [0.15, 0.2) is 0 Å². The average molecular weight is 568 g/mol. The number of aliphatic hydroxyl groups is 1. The van der Waals surface area contributed by atoms with Crippen molar-refractivity contribution < 1.29 is 9.90 Å². The lowest BCUT2D eigenvalue weighted by molar-refractivity contribution is -0.167. The van der Waals surface area contributed by atoms with Crippen molar-refractivity contribution in [3.05, 3.63) is 30.1 Å². The molecule has 9 unspecified atom stereocenters. The second-order valence-electron chi connectivity index (χ2n) is 14.9. The van der Waals surface area contributed by atoms with E-state index in [0.717, 1.165) is 44.6 Å². The Bertz CT molecular complexity index is 971. The molecule has 0 spiro atoms. The van der Waals surface area contributed by atoms with E-state index in [1.165, 1.54) is 57.8 Å². The van der Waals surface area contributed by atoms with Gasteiger partial charge in [0.2, 0.25) is 0 Å². The third kappa shape index (κ3) is 6.93. The maximum Gasteiger partial charge on any atom is 0.129 e. The molecule has 1 aromatic rings. The molecule has 5 heteroatoms. The van der Waals surface area contributed by atoms with Crippen LogP contribution < -0.4 is 10.6 Å². The Kier molecular flexibility index (Phi) is 11.1. The molecule has 1 aromatic heterocycles. The Morgan fingerprint density at radius 1 is 1.05 bits per heavy atom. The van der Waals surface area contributed by atoms with Gasteiger partial charge in [-0.15, -0.1) is 0 Å². The minimum atomic E-state index is -0.136. The highest BCUT2D eigenvalue weighted by atomic mass is 16.3. The summed E-state index contributed by atoms with van der Waals surface area (Å²) in [6, 6.07) is 6.69. The zero-order valence-electron chi connectivity index (χ0n) is 25.8. The number of unbranched alkanes of at least 4 members (excludes halogenated alkanes) is 1. The monoisotopic (exact) mass is 567 g/mol. The fourth-order valence-electron chi connectivity index (χ4n) is 10.4. The SMILES string of the molecule is C.CC(=O)CCC(C)C1CCC2C3C(O)C[C@H]4CC(NCCCCNCc5ccccn5)CCC4(C)C3CCC12C. The standard InChI is InChI=1S/C35H57N3O2.CH4/c1-24(10-11-25(2)39)29-12-13-30-33-31(15-17-35(29,30)4)34(3)16-14-27(21-26(34)22-32(33)40)37-20-8-7-18-36-23-28-9-5-6-19-38-28;/h5-6,9,19,24,26-27,29-33,36-37,40H,7-8,10-18,20-23H2,1-4H3;1H4/t24?,26-,27?,29?,30?,31?,32?,33?,34?,35?;/m1./s1. The number of rotatable bonds is 12. The van der Waals surface area contributed by atoms with Crippen molar-refractivity contribution in [2.45, 2.75) is 131 Å². The molecule has 10 atom stereocenters. The molecule has 0 radical (unpaired) electrons. The van der Waals surface area contributed by atoms with Gasteiger partial charge in [-0.1, -0.05) is 34.3 Å². The van der Waals surface area contributed by atoms with Crippen LogP contribution in [0.15, 0.2) is 24.4 Å². The Balaban J connectivity index is 0.00000387. The van der Waals surface area contributed by atoms with Gasteiger partial charge in [0.05, 0.1) is 11.8 Å². The van der Waals surface area contributed by atoms with Crippen LogP contribution in [0, 0.1) is 46.3 Å². The van der Waals surface area contributed by atoms with Gasteiger partial charge >= 0.3 is 0 Å². The van der Waals surface area contributed by atoms with Gasteiger partial charge < -0.3 is 20.5 Å². The fraction of sp³-hybridized carbons (Fsp3) is 0.833. The first-order chi connectivity index (χ1) is 19.2. The zero-order valence-corrected chi connectivity index (χ0v) is 25.8. The lowest BCUT2D eigenvalue weighted by Gasteiger charge is -2.62. The minimum absolute atomic E-state index is 0. The summed E-state index contributed by atoms with van der Waals surface area (Å²) in [5.74, 6) is 4.11. The zero-order chi connectivity index (χ0) is 28.3. The molecule has 4 aliphatic rings. The number of pyridine rings is 1. The molecule has 232 valence electrons. The van der Waals surface area contributed by atoms with E-state index in [4.69, 9.17) is 0 Å². The van der Waals surface area contributed by atoms with E-state index in [-0.39, 0.29) is 13.5 Å². The van der Waals surface area contributed by atoms with Gasteiger partial charge in [-0.3, -0.25) is 4.98 Å². The molecule has 4 fully saturated rings. The van der Waals surface area contributed by atoms with Gasteiger partial charge in [-0.25, -0.2) is 0 Å². The Morgan fingerprint density at radius 3 is 2.56 bits per heavy atom. The van der Waals surface area contributed by atoms with Crippen molar-refractivity contribution in [3.63, 3.8) is 0 Å². The highest BCUT2D eigenvalue weighted by Gasteiger charge is 2.62. The molecule has 0 aromatic carbocycles. The summed E-state index contributed by atoms with van der Waals surface area (Å²) < 4.78 is 0. The number of nitrogens with zero attached hydrogens (tertiary/aromatic N) is 1. The summed E-state index contributed by atoms with van der Waals surface area (Å²) in [5, 5.41) is 19.1. The Hall–Kier alpha value is -1.30. The predicted octanol–water partition coefficient (Wildman–Crippen LogP) is 7.18. The van der Waals surface area contributed by atoms with Gasteiger partial charge in [-0.05, 0) is 149 Å². The summed E-state index contributed by atoms with van der Waals surface area (Å²) in [7, 11) is 0. The van der Waals surface area contributed by atoms with Crippen molar-refractivity contribution in [2.24, 2.45) is 46.3 Å². The fourth-order valence-corrected chi connectivity index (χ4v) is 10.4. The first-order valence-corrected chi connectivity index (χ1v) is 16.7. The van der Waals surface area contributed by atoms with Crippen molar-refractivity contribution >= 4 is 5.78 Å². The lowest BCUT2D eigenvalue weighted by Crippen LogP contribution is -2.59. The molecule has 5 rings (SSSR count). The normalized spacial score (nSPS) is 38.7. The number of hydrogen-bond acceptors (Lipinski definition) is 5. The molecule has 0 saturated heterocycles. The first-order valence-electron chi connectivity index (χ1n) is 16.7. The highest BCUT2D eigenvalue weighted by Crippen LogP contribution is 2.68. The molecule has 3 N–H and O–H groups in total. The van der Waals surface area contributed by atoms with Crippen LogP contribution >= 0.6 is 0 Å². The van der Waals surface area contributed by atoms with Crippen LogP contribution in [-0.2, 0) is 11.3 Å². The van der Waals surface area contributed by atoms with E-state index in [0.29, 0.717) is 58.2 Å². The Labute approximate surface area is 251 Å². The number of nitrogens with one attached hydrogen (secondary N) is 2. The van der Waals surface area contributed by atoms with Gasteiger partial charge in [0.25, 0.3) is 0 Å². The van der Waals surface area contributed by atoms with E-state index >= 15 is 0 Å². The Morgan fingerprint density at radius 2 is 1.80 bits per heavy atom. The third-order valence-electron chi connectivity index (χ3n) is 12.6. The van der Waals surface area contributed by atoms with E-state index in [1.54, 1.807) is 6.92 Å². The number of fused-ring (bicyclic) bond motifs is 5. The third-order valence-corrected chi connectivity index (χ3v) is 12.6. The van der Waals surface area contributed by atoms with Crippen LogP contribution in [0.4, 0.5) is 0 Å². The summed E-state index contributed by atoms with van der Waals surface area (Å²) in [6.45, 7) is 12.3. The van der Waals surface area contributed by atoms with Crippen molar-refractivity contribution in [1.82, 2.24) is 15.6 Å². The summed E-state index contributed by atoms with van der Waals surface area (Å²) in [4.78, 5) is 16.0. The van der Waals surface area contributed by atoms with Gasteiger partial charge in [0, 0.05) is 25.2 Å². The number of ketones is 1. The second-order valence-corrected chi connectivity index (χ2v) is 14.9. The van der Waals surface area contributed by atoms with Crippen LogP contribution in [0.25, 0.3) is 0 Å². The number of hydrogen-bond donors (Lipinski definition) is 3. The molecule has 0 amide bonds. The number of aromatic nitrogens is 1. The van der Waals surface area contributed by atoms with Crippen molar-refractivity contribution in [2.75, 3.05) is 13.1 Å². The van der Waals surface area contributed by atoms with Gasteiger partial charge in [0.1, 0.15) is 5.78 Å². The van der Waals surface area contributed by atoms with Crippen molar-refractivity contribution in [3.8, 4) is 0 Å². The number of carbonyl (C=O) groups excluding carboxylic acids is 1. The minimum Gasteiger partial charge on any atom is -0.393 e. The van der Waals surface area contributed by atoms with Crippen LogP contribution in [0.2, 0.25) is 0 Å². The van der Waals surface area contributed by atoms with E-state index < -0.39 is 0 Å². The largest absolute Gasteiger partial charge is 0.393 e.